The van der Waals surface area contributed by atoms with Crippen LogP contribution in [-0.4, -0.2) is 29.2 Å². The normalized spacial score (nSPS) is 10.1. The monoisotopic (exact) mass is 365 g/mol. The van der Waals surface area contributed by atoms with Gasteiger partial charge in [-0.2, -0.15) is 0 Å². The molecule has 0 atom stereocenters. The highest BCUT2D eigenvalue weighted by molar-refractivity contribution is 9.10. The van der Waals surface area contributed by atoms with Crippen molar-refractivity contribution in [3.63, 3.8) is 0 Å². The summed E-state index contributed by atoms with van der Waals surface area (Å²) in [6.45, 7) is 0. The predicted molar refractivity (Wildman–Crippen MR) is 83.7 cm³/mol. The molecule has 0 unspecified atom stereocenters. The van der Waals surface area contributed by atoms with Crippen LogP contribution in [0.1, 0.15) is 20.7 Å². The Morgan fingerprint density at radius 2 is 1.86 bits per heavy atom. The first-order valence-electron chi connectivity index (χ1n) is 6.13. The van der Waals surface area contributed by atoms with Crippen molar-refractivity contribution in [3.8, 4) is 11.5 Å². The highest BCUT2D eigenvalue weighted by Crippen LogP contribution is 2.26. The van der Waals surface area contributed by atoms with Gasteiger partial charge in [-0.3, -0.25) is 4.79 Å². The molecule has 114 valence electrons. The summed E-state index contributed by atoms with van der Waals surface area (Å²) in [7, 11) is 1.45. The lowest BCUT2D eigenvalue weighted by molar-refractivity contribution is 0.0693. The fourth-order valence-corrected chi connectivity index (χ4v) is 2.21. The average molecular weight is 366 g/mol. The van der Waals surface area contributed by atoms with Gasteiger partial charge in [0.1, 0.15) is 17.1 Å². The molecule has 2 rings (SSSR count). The number of hydrogen-bond donors (Lipinski definition) is 3. The molecule has 0 saturated heterocycles. The molecule has 2 aromatic rings. The molecular formula is C15H12BrNO5. The molecule has 0 spiro atoms. The summed E-state index contributed by atoms with van der Waals surface area (Å²) >= 11 is 3.28. The van der Waals surface area contributed by atoms with Crippen LogP contribution < -0.4 is 10.1 Å². The Balaban J connectivity index is 2.28. The van der Waals surface area contributed by atoms with Crippen molar-refractivity contribution in [2.45, 2.75) is 0 Å². The van der Waals surface area contributed by atoms with E-state index in [0.29, 0.717) is 15.8 Å². The van der Waals surface area contributed by atoms with Crippen molar-refractivity contribution in [1.82, 2.24) is 0 Å². The SMILES string of the molecule is COc1ccc(Br)cc1C(=O)Nc1ccc(C(=O)O)c(O)c1. The minimum atomic E-state index is -1.25. The first kappa shape index (κ1) is 15.8. The number of phenols is 1. The summed E-state index contributed by atoms with van der Waals surface area (Å²) < 4.78 is 5.84. The van der Waals surface area contributed by atoms with Gasteiger partial charge < -0.3 is 20.3 Å². The standard InChI is InChI=1S/C15H12BrNO5/c1-22-13-5-2-8(16)6-11(13)14(19)17-9-3-4-10(15(20)21)12(18)7-9/h2-7,18H,1H3,(H,17,19)(H,20,21). The van der Waals surface area contributed by atoms with E-state index in [9.17, 15) is 14.7 Å². The van der Waals surface area contributed by atoms with Gasteiger partial charge >= 0.3 is 5.97 Å². The first-order valence-corrected chi connectivity index (χ1v) is 6.93. The molecular weight excluding hydrogens is 354 g/mol. The van der Waals surface area contributed by atoms with Crippen molar-refractivity contribution in [2.75, 3.05) is 12.4 Å². The van der Waals surface area contributed by atoms with Crippen molar-refractivity contribution in [1.29, 1.82) is 0 Å². The number of anilines is 1. The molecule has 6 nitrogen and oxygen atoms in total. The van der Waals surface area contributed by atoms with Gasteiger partial charge in [-0.05, 0) is 30.3 Å². The second-order valence-corrected chi connectivity index (χ2v) is 5.25. The maximum absolute atomic E-state index is 12.3. The summed E-state index contributed by atoms with van der Waals surface area (Å²) in [4.78, 5) is 23.1. The molecule has 0 heterocycles. The molecule has 1 amide bonds. The lowest BCUT2D eigenvalue weighted by Gasteiger charge is -2.10. The van der Waals surface area contributed by atoms with E-state index in [-0.39, 0.29) is 11.3 Å². The van der Waals surface area contributed by atoms with Crippen LogP contribution in [0.25, 0.3) is 0 Å². The third kappa shape index (κ3) is 3.37. The highest BCUT2D eigenvalue weighted by Gasteiger charge is 2.15. The minimum Gasteiger partial charge on any atom is -0.507 e. The van der Waals surface area contributed by atoms with E-state index in [0.717, 1.165) is 0 Å². The zero-order valence-electron chi connectivity index (χ0n) is 11.5. The lowest BCUT2D eigenvalue weighted by Crippen LogP contribution is -2.13. The Morgan fingerprint density at radius 1 is 1.14 bits per heavy atom. The van der Waals surface area contributed by atoms with Crippen LogP contribution in [0.3, 0.4) is 0 Å². The Hall–Kier alpha value is -2.54. The maximum Gasteiger partial charge on any atom is 0.339 e. The molecule has 0 aliphatic heterocycles. The van der Waals surface area contributed by atoms with Crippen LogP contribution in [0, 0.1) is 0 Å². The number of carboxylic acid groups (broad SMARTS) is 1. The maximum atomic E-state index is 12.3. The van der Waals surface area contributed by atoms with Gasteiger partial charge in [0, 0.05) is 16.2 Å². The smallest absolute Gasteiger partial charge is 0.339 e. The molecule has 0 aliphatic rings. The van der Waals surface area contributed by atoms with Gasteiger partial charge in [-0.15, -0.1) is 0 Å². The lowest BCUT2D eigenvalue weighted by atomic mass is 10.1. The van der Waals surface area contributed by atoms with Gasteiger partial charge in [-0.25, -0.2) is 4.79 Å². The Labute approximate surface area is 134 Å². The van der Waals surface area contributed by atoms with Gasteiger partial charge in [0.25, 0.3) is 5.91 Å². The van der Waals surface area contributed by atoms with Crippen LogP contribution in [0.2, 0.25) is 0 Å². The number of carboxylic acids is 1. The van der Waals surface area contributed by atoms with E-state index in [2.05, 4.69) is 21.2 Å². The van der Waals surface area contributed by atoms with E-state index >= 15 is 0 Å². The number of aromatic carboxylic acids is 1. The van der Waals surface area contributed by atoms with Crippen LogP contribution in [0.15, 0.2) is 40.9 Å². The molecule has 0 saturated carbocycles. The van der Waals surface area contributed by atoms with Gasteiger partial charge in [0.15, 0.2) is 0 Å². The predicted octanol–water partition coefficient (Wildman–Crippen LogP) is 3.11. The Morgan fingerprint density at radius 3 is 2.45 bits per heavy atom. The van der Waals surface area contributed by atoms with Gasteiger partial charge in [0.2, 0.25) is 0 Å². The number of carbonyl (C=O) groups is 2. The Kier molecular flexibility index (Phi) is 4.67. The molecule has 22 heavy (non-hydrogen) atoms. The molecule has 3 N–H and O–H groups in total. The number of benzene rings is 2. The van der Waals surface area contributed by atoms with Crippen LogP contribution in [0.5, 0.6) is 11.5 Å². The third-order valence-corrected chi connectivity index (χ3v) is 3.39. The number of ether oxygens (including phenoxy) is 1. The topological polar surface area (TPSA) is 95.9 Å². The van der Waals surface area contributed by atoms with E-state index in [1.54, 1.807) is 18.2 Å². The molecule has 0 aromatic heterocycles. The van der Waals surface area contributed by atoms with Gasteiger partial charge in [-0.1, -0.05) is 15.9 Å². The number of aromatic hydroxyl groups is 1. The minimum absolute atomic E-state index is 0.238. The second-order valence-electron chi connectivity index (χ2n) is 4.34. The van der Waals surface area contributed by atoms with Crippen LogP contribution in [0.4, 0.5) is 5.69 Å². The van der Waals surface area contributed by atoms with E-state index in [1.165, 1.54) is 25.3 Å². The fourth-order valence-electron chi connectivity index (χ4n) is 1.85. The summed E-state index contributed by atoms with van der Waals surface area (Å²) in [6.07, 6.45) is 0. The van der Waals surface area contributed by atoms with Gasteiger partial charge in [0.05, 0.1) is 12.7 Å². The largest absolute Gasteiger partial charge is 0.507 e. The number of carbonyl (C=O) groups excluding carboxylic acids is 1. The third-order valence-electron chi connectivity index (χ3n) is 2.89. The van der Waals surface area contributed by atoms with E-state index in [4.69, 9.17) is 9.84 Å². The molecule has 0 aliphatic carbocycles. The number of amides is 1. The van der Waals surface area contributed by atoms with Crippen molar-refractivity contribution in [3.05, 3.63) is 52.0 Å². The molecule has 0 radical (unpaired) electrons. The molecule has 2 aromatic carbocycles. The highest BCUT2D eigenvalue weighted by atomic mass is 79.9. The van der Waals surface area contributed by atoms with Crippen molar-refractivity contribution < 1.29 is 24.5 Å². The number of nitrogens with one attached hydrogen (secondary N) is 1. The summed E-state index contributed by atoms with van der Waals surface area (Å²) in [5.41, 5.74) is 0.339. The molecule has 0 bridgehead atoms. The summed E-state index contributed by atoms with van der Waals surface area (Å²) in [5.74, 6) is -1.72. The second kappa shape index (κ2) is 6.48. The molecule has 0 fully saturated rings. The number of halogens is 1. The van der Waals surface area contributed by atoms with E-state index in [1.807, 2.05) is 0 Å². The summed E-state index contributed by atoms with van der Waals surface area (Å²) in [5, 5.41) is 21.0. The zero-order valence-corrected chi connectivity index (χ0v) is 13.0. The first-order chi connectivity index (χ1) is 10.4. The summed E-state index contributed by atoms with van der Waals surface area (Å²) in [6, 6.07) is 8.76. The average Bonchev–Trinajstić information content (AvgIpc) is 2.46. The Bertz CT molecular complexity index is 745. The quantitative estimate of drug-likeness (QED) is 0.773. The van der Waals surface area contributed by atoms with E-state index < -0.39 is 17.6 Å². The van der Waals surface area contributed by atoms with Crippen molar-refractivity contribution in [2.24, 2.45) is 0 Å². The van der Waals surface area contributed by atoms with Crippen molar-refractivity contribution >= 4 is 33.5 Å². The number of hydrogen-bond acceptors (Lipinski definition) is 4. The van der Waals surface area contributed by atoms with Crippen LogP contribution >= 0.6 is 15.9 Å². The fraction of sp³-hybridized carbons (Fsp3) is 0.0667. The van der Waals surface area contributed by atoms with Crippen LogP contribution in [-0.2, 0) is 0 Å². The molecule has 7 heteroatoms. The number of methoxy groups -OCH3 is 1. The zero-order chi connectivity index (χ0) is 16.3. The number of rotatable bonds is 4.